The van der Waals surface area contributed by atoms with Crippen LogP contribution < -0.4 is 10.6 Å². The molecule has 1 amide bonds. The van der Waals surface area contributed by atoms with Crippen LogP contribution in [0.25, 0.3) is 0 Å². The van der Waals surface area contributed by atoms with Gasteiger partial charge in [0.2, 0.25) is 5.91 Å². The van der Waals surface area contributed by atoms with Gasteiger partial charge in [-0.3, -0.25) is 4.79 Å². The molecule has 1 aromatic carbocycles. The predicted octanol–water partition coefficient (Wildman–Crippen LogP) is 2.53. The zero-order chi connectivity index (χ0) is 13.7. The largest absolute Gasteiger partial charge is 0.355 e. The maximum atomic E-state index is 11.9. The van der Waals surface area contributed by atoms with Crippen LogP contribution in [-0.2, 0) is 11.2 Å². The van der Waals surface area contributed by atoms with Gasteiger partial charge in [0.25, 0.3) is 0 Å². The number of hydrogen-bond acceptors (Lipinski definition) is 2. The zero-order valence-electron chi connectivity index (χ0n) is 11.3. The Balaban J connectivity index is 1.87. The first kappa shape index (κ1) is 14.4. The summed E-state index contributed by atoms with van der Waals surface area (Å²) in [6, 6.07) is 8.10. The van der Waals surface area contributed by atoms with E-state index in [0.717, 1.165) is 37.3 Å². The van der Waals surface area contributed by atoms with Gasteiger partial charge >= 0.3 is 0 Å². The Kier molecular flexibility index (Phi) is 5.23. The molecule has 0 aromatic heterocycles. The van der Waals surface area contributed by atoms with Gasteiger partial charge in [-0.25, -0.2) is 0 Å². The predicted molar refractivity (Wildman–Crippen MR) is 78.4 cm³/mol. The van der Waals surface area contributed by atoms with Crippen molar-refractivity contribution in [1.82, 2.24) is 10.6 Å². The molecule has 2 unspecified atom stereocenters. The molecular weight excluding hydrogens is 260 g/mol. The second kappa shape index (κ2) is 6.92. The highest BCUT2D eigenvalue weighted by Gasteiger charge is 2.21. The Morgan fingerprint density at radius 2 is 2.11 bits per heavy atom. The summed E-state index contributed by atoms with van der Waals surface area (Å²) in [5, 5.41) is 7.14. The molecule has 1 saturated heterocycles. The highest BCUT2D eigenvalue weighted by Crippen LogP contribution is 2.12. The van der Waals surface area contributed by atoms with E-state index < -0.39 is 0 Å². The van der Waals surface area contributed by atoms with Crippen LogP contribution in [0.1, 0.15) is 31.7 Å². The smallest absolute Gasteiger partial charge is 0.237 e. The minimum atomic E-state index is -0.0511. The molecule has 2 N–H and O–H groups in total. The van der Waals surface area contributed by atoms with Crippen LogP contribution >= 0.6 is 11.6 Å². The van der Waals surface area contributed by atoms with Crippen molar-refractivity contribution in [3.8, 4) is 0 Å². The lowest BCUT2D eigenvalue weighted by atomic mass is 10.0. The monoisotopic (exact) mass is 280 g/mol. The molecule has 0 bridgehead atoms. The van der Waals surface area contributed by atoms with E-state index in [4.69, 9.17) is 11.6 Å². The fraction of sp³-hybridized carbons (Fsp3) is 0.533. The van der Waals surface area contributed by atoms with Crippen molar-refractivity contribution in [2.24, 2.45) is 0 Å². The van der Waals surface area contributed by atoms with E-state index in [1.54, 1.807) is 0 Å². The topological polar surface area (TPSA) is 41.1 Å². The molecule has 1 aliphatic rings. The molecule has 1 heterocycles. The third kappa shape index (κ3) is 4.51. The molecule has 0 spiro atoms. The van der Waals surface area contributed by atoms with Crippen LogP contribution in [0.5, 0.6) is 0 Å². The molecule has 4 heteroatoms. The lowest BCUT2D eigenvalue weighted by molar-refractivity contribution is -0.123. The van der Waals surface area contributed by atoms with Gasteiger partial charge in [-0.2, -0.15) is 0 Å². The number of rotatable bonds is 4. The van der Waals surface area contributed by atoms with E-state index in [2.05, 4.69) is 17.6 Å². The molecule has 2 rings (SSSR count). The maximum Gasteiger partial charge on any atom is 0.237 e. The van der Waals surface area contributed by atoms with Crippen LogP contribution in [0.3, 0.4) is 0 Å². The van der Waals surface area contributed by atoms with Gasteiger partial charge < -0.3 is 10.6 Å². The van der Waals surface area contributed by atoms with Gasteiger partial charge in [-0.1, -0.05) is 23.7 Å². The zero-order valence-corrected chi connectivity index (χ0v) is 12.0. The summed E-state index contributed by atoms with van der Waals surface area (Å²) in [7, 11) is 0. The van der Waals surface area contributed by atoms with Crippen LogP contribution in [0.15, 0.2) is 24.3 Å². The number of halogens is 1. The van der Waals surface area contributed by atoms with Crippen molar-refractivity contribution in [2.45, 2.75) is 44.7 Å². The second-order valence-electron chi connectivity index (χ2n) is 5.24. The highest BCUT2D eigenvalue weighted by molar-refractivity contribution is 6.30. The Bertz CT molecular complexity index is 419. The van der Waals surface area contributed by atoms with Crippen molar-refractivity contribution >= 4 is 17.5 Å². The SMILES string of the molecule is CC(Cc1ccc(Cl)cc1)NC1CCCCNC1=O. The van der Waals surface area contributed by atoms with Crippen LogP contribution in [0.2, 0.25) is 5.02 Å². The van der Waals surface area contributed by atoms with Crippen LogP contribution in [0, 0.1) is 0 Å². The average molecular weight is 281 g/mol. The molecule has 104 valence electrons. The number of nitrogens with one attached hydrogen (secondary N) is 2. The van der Waals surface area contributed by atoms with Gasteiger partial charge in [0, 0.05) is 17.6 Å². The average Bonchev–Trinajstić information content (AvgIpc) is 2.58. The third-order valence-corrected chi connectivity index (χ3v) is 3.73. The van der Waals surface area contributed by atoms with Gasteiger partial charge in [0.15, 0.2) is 0 Å². The van der Waals surface area contributed by atoms with Crippen molar-refractivity contribution in [2.75, 3.05) is 6.54 Å². The molecule has 1 aromatic rings. The minimum Gasteiger partial charge on any atom is -0.355 e. The van der Waals surface area contributed by atoms with Crippen LogP contribution in [-0.4, -0.2) is 24.5 Å². The Labute approximate surface area is 119 Å². The lowest BCUT2D eigenvalue weighted by Gasteiger charge is -2.21. The van der Waals surface area contributed by atoms with Gasteiger partial charge in [-0.05, 0) is 50.3 Å². The summed E-state index contributed by atoms with van der Waals surface area (Å²) >= 11 is 5.87. The molecule has 2 atom stereocenters. The summed E-state index contributed by atoms with van der Waals surface area (Å²) in [4.78, 5) is 11.9. The molecular formula is C15H21ClN2O. The molecule has 0 radical (unpaired) electrons. The van der Waals surface area contributed by atoms with E-state index in [9.17, 15) is 4.79 Å². The van der Waals surface area contributed by atoms with Crippen molar-refractivity contribution in [3.05, 3.63) is 34.9 Å². The van der Waals surface area contributed by atoms with Crippen molar-refractivity contribution in [1.29, 1.82) is 0 Å². The van der Waals surface area contributed by atoms with Gasteiger partial charge in [0.1, 0.15) is 0 Å². The van der Waals surface area contributed by atoms with E-state index in [-0.39, 0.29) is 18.0 Å². The van der Waals surface area contributed by atoms with E-state index in [0.29, 0.717) is 0 Å². The lowest BCUT2D eigenvalue weighted by Crippen LogP contribution is -2.47. The van der Waals surface area contributed by atoms with Gasteiger partial charge in [0.05, 0.1) is 6.04 Å². The Hall–Kier alpha value is -1.06. The van der Waals surface area contributed by atoms with E-state index in [1.165, 1.54) is 5.56 Å². The summed E-state index contributed by atoms with van der Waals surface area (Å²) in [5.74, 6) is 0.139. The molecule has 3 nitrogen and oxygen atoms in total. The summed E-state index contributed by atoms with van der Waals surface area (Å²) in [6.07, 6.45) is 4.01. The second-order valence-corrected chi connectivity index (χ2v) is 5.67. The molecule has 19 heavy (non-hydrogen) atoms. The van der Waals surface area contributed by atoms with Crippen molar-refractivity contribution < 1.29 is 4.79 Å². The summed E-state index contributed by atoms with van der Waals surface area (Å²) < 4.78 is 0. The minimum absolute atomic E-state index is 0.0511. The maximum absolute atomic E-state index is 11.9. The first-order chi connectivity index (χ1) is 9.15. The number of carbonyl (C=O) groups is 1. The third-order valence-electron chi connectivity index (χ3n) is 3.48. The van der Waals surface area contributed by atoms with Gasteiger partial charge in [-0.15, -0.1) is 0 Å². The number of hydrogen-bond donors (Lipinski definition) is 2. The summed E-state index contributed by atoms with van der Waals surface area (Å²) in [6.45, 7) is 2.93. The van der Waals surface area contributed by atoms with E-state index >= 15 is 0 Å². The normalized spacial score (nSPS) is 21.6. The summed E-state index contributed by atoms with van der Waals surface area (Å²) in [5.41, 5.74) is 1.23. The number of amides is 1. The Morgan fingerprint density at radius 3 is 2.84 bits per heavy atom. The van der Waals surface area contributed by atoms with Crippen LogP contribution in [0.4, 0.5) is 0 Å². The van der Waals surface area contributed by atoms with Crippen molar-refractivity contribution in [3.63, 3.8) is 0 Å². The molecule has 0 aliphatic carbocycles. The standard InChI is InChI=1S/C15H21ClN2O/c1-11(10-12-5-7-13(16)8-6-12)18-14-4-2-3-9-17-15(14)19/h5-8,11,14,18H,2-4,9-10H2,1H3,(H,17,19). The molecule has 1 aliphatic heterocycles. The first-order valence-electron chi connectivity index (χ1n) is 6.93. The molecule has 0 saturated carbocycles. The fourth-order valence-electron chi connectivity index (χ4n) is 2.47. The first-order valence-corrected chi connectivity index (χ1v) is 7.31. The number of benzene rings is 1. The molecule has 1 fully saturated rings. The van der Waals surface area contributed by atoms with E-state index in [1.807, 2.05) is 24.3 Å². The fourth-order valence-corrected chi connectivity index (χ4v) is 2.60. The quantitative estimate of drug-likeness (QED) is 0.890. The number of carbonyl (C=O) groups excluding carboxylic acids is 1. The highest BCUT2D eigenvalue weighted by atomic mass is 35.5. The Morgan fingerprint density at radius 1 is 1.37 bits per heavy atom.